The molecule has 104 valence electrons. The normalized spacial score (nSPS) is 15.3. The van der Waals surface area contributed by atoms with Crippen LogP contribution in [-0.4, -0.2) is 30.5 Å². The molecular weight excluding hydrogens is 324 g/mol. The summed E-state index contributed by atoms with van der Waals surface area (Å²) in [6, 6.07) is 2.66. The Morgan fingerprint density at radius 2 is 2.20 bits per heavy atom. The van der Waals surface area contributed by atoms with E-state index in [9.17, 15) is 13.2 Å². The maximum atomic E-state index is 12.4. The van der Waals surface area contributed by atoms with Crippen molar-refractivity contribution in [1.29, 1.82) is 0 Å². The van der Waals surface area contributed by atoms with E-state index in [1.165, 1.54) is 43.4 Å². The molecule has 2 aromatic rings. The summed E-state index contributed by atoms with van der Waals surface area (Å²) in [6.45, 7) is 0. The van der Waals surface area contributed by atoms with Crippen molar-refractivity contribution in [2.24, 2.45) is 0 Å². The van der Waals surface area contributed by atoms with Gasteiger partial charge in [0.1, 0.15) is 4.90 Å². The number of benzene rings is 1. The van der Waals surface area contributed by atoms with E-state index >= 15 is 0 Å². The summed E-state index contributed by atoms with van der Waals surface area (Å²) in [5.41, 5.74) is 0.0145. The Labute approximate surface area is 123 Å². The van der Waals surface area contributed by atoms with Gasteiger partial charge in [0.25, 0.3) is 10.0 Å². The highest BCUT2D eigenvalue weighted by Crippen LogP contribution is 2.41. The fourth-order valence-electron chi connectivity index (χ4n) is 1.82. The first-order chi connectivity index (χ1) is 9.45. The number of fused-ring (bicyclic) bond motifs is 2. The second-order valence-electron chi connectivity index (χ2n) is 3.88. The predicted molar refractivity (Wildman–Crippen MR) is 71.7 cm³/mol. The monoisotopic (exact) mass is 330 g/mol. The van der Waals surface area contributed by atoms with Crippen molar-refractivity contribution < 1.29 is 17.9 Å². The Morgan fingerprint density at radius 1 is 1.45 bits per heavy atom. The van der Waals surface area contributed by atoms with Crippen molar-refractivity contribution in [2.75, 3.05) is 7.11 Å². The highest BCUT2D eigenvalue weighted by Gasteiger charge is 2.32. The largest absolute Gasteiger partial charge is 0.465 e. The highest BCUT2D eigenvalue weighted by atomic mass is 35.5. The lowest BCUT2D eigenvalue weighted by molar-refractivity contribution is 0.0600. The maximum Gasteiger partial charge on any atom is 0.339 e. The standard InChI is InChI=1S/C11H7ClN2O4S2/c1-18-10(15)6-4-9-8(5-7(6)12)19-11-13-2-3-14(11)20(9,16)17/h2-5H,1H3. The van der Waals surface area contributed by atoms with Gasteiger partial charge in [0.2, 0.25) is 0 Å². The molecule has 1 aliphatic heterocycles. The van der Waals surface area contributed by atoms with Crippen LogP contribution in [0.25, 0.3) is 0 Å². The van der Waals surface area contributed by atoms with Crippen LogP contribution in [0.4, 0.5) is 0 Å². The zero-order chi connectivity index (χ0) is 14.5. The Kier molecular flexibility index (Phi) is 3.03. The number of hydrogen-bond acceptors (Lipinski definition) is 6. The average Bonchev–Trinajstić information content (AvgIpc) is 2.86. The smallest absolute Gasteiger partial charge is 0.339 e. The number of carbonyl (C=O) groups excluding carboxylic acids is 1. The molecule has 0 saturated heterocycles. The number of nitrogens with zero attached hydrogens (tertiary/aromatic N) is 2. The molecule has 2 heterocycles. The number of ether oxygens (including phenoxy) is 1. The summed E-state index contributed by atoms with van der Waals surface area (Å²) in [6.07, 6.45) is 2.75. The summed E-state index contributed by atoms with van der Waals surface area (Å²) in [5.74, 6) is -0.686. The van der Waals surface area contributed by atoms with Crippen LogP contribution in [0, 0.1) is 0 Å². The summed E-state index contributed by atoms with van der Waals surface area (Å²) in [5, 5.41) is 0.470. The summed E-state index contributed by atoms with van der Waals surface area (Å²) in [7, 11) is -2.57. The number of aromatic nitrogens is 2. The average molecular weight is 331 g/mol. The van der Waals surface area contributed by atoms with E-state index in [2.05, 4.69) is 9.72 Å². The van der Waals surface area contributed by atoms with Gasteiger partial charge in [0.15, 0.2) is 5.16 Å². The molecule has 1 aromatic heterocycles. The third kappa shape index (κ3) is 1.83. The van der Waals surface area contributed by atoms with Crippen LogP contribution in [0.15, 0.2) is 39.5 Å². The molecule has 0 bridgehead atoms. The van der Waals surface area contributed by atoms with Crippen molar-refractivity contribution in [1.82, 2.24) is 8.96 Å². The van der Waals surface area contributed by atoms with E-state index < -0.39 is 16.0 Å². The predicted octanol–water partition coefficient (Wildman–Crippen LogP) is 2.02. The maximum absolute atomic E-state index is 12.4. The third-order valence-electron chi connectivity index (χ3n) is 2.75. The van der Waals surface area contributed by atoms with Gasteiger partial charge in [0, 0.05) is 17.3 Å². The number of halogens is 1. The van der Waals surface area contributed by atoms with Crippen molar-refractivity contribution in [3.05, 3.63) is 35.1 Å². The molecule has 0 spiro atoms. The van der Waals surface area contributed by atoms with Crippen LogP contribution in [0.5, 0.6) is 0 Å². The minimum atomic E-state index is -3.77. The first kappa shape index (κ1) is 13.5. The Balaban J connectivity index is 2.28. The molecule has 6 nitrogen and oxygen atoms in total. The van der Waals surface area contributed by atoms with Gasteiger partial charge in [-0.05, 0) is 23.9 Å². The van der Waals surface area contributed by atoms with Gasteiger partial charge in [0.05, 0.1) is 17.7 Å². The van der Waals surface area contributed by atoms with Crippen molar-refractivity contribution in [3.63, 3.8) is 0 Å². The van der Waals surface area contributed by atoms with Crippen LogP contribution in [0.2, 0.25) is 5.02 Å². The van der Waals surface area contributed by atoms with E-state index in [1.807, 2.05) is 0 Å². The summed E-state index contributed by atoms with van der Waals surface area (Å²) >= 11 is 7.16. The van der Waals surface area contributed by atoms with Gasteiger partial charge in [-0.2, -0.15) is 0 Å². The van der Waals surface area contributed by atoms with Crippen molar-refractivity contribution >= 4 is 39.4 Å². The van der Waals surface area contributed by atoms with Gasteiger partial charge < -0.3 is 4.74 Å². The Morgan fingerprint density at radius 3 is 2.90 bits per heavy atom. The molecule has 1 aromatic carbocycles. The van der Waals surface area contributed by atoms with E-state index in [0.717, 1.165) is 3.97 Å². The van der Waals surface area contributed by atoms with Crippen LogP contribution in [0.3, 0.4) is 0 Å². The number of carbonyl (C=O) groups is 1. The molecule has 9 heteroatoms. The summed E-state index contributed by atoms with van der Waals surface area (Å²) in [4.78, 5) is 16.0. The number of imidazole rings is 1. The number of rotatable bonds is 1. The second kappa shape index (κ2) is 4.51. The molecule has 20 heavy (non-hydrogen) atoms. The number of esters is 1. The molecule has 0 saturated carbocycles. The molecule has 0 N–H and O–H groups in total. The SMILES string of the molecule is COC(=O)c1cc2c(cc1Cl)Sc1nccn1S2(=O)=O. The third-order valence-corrected chi connectivity index (χ3v) is 6.06. The lowest BCUT2D eigenvalue weighted by atomic mass is 10.2. The van der Waals surface area contributed by atoms with Crippen LogP contribution in [-0.2, 0) is 14.8 Å². The zero-order valence-electron chi connectivity index (χ0n) is 10.0. The second-order valence-corrected chi connectivity index (χ2v) is 7.08. The molecule has 0 fully saturated rings. The number of methoxy groups -OCH3 is 1. The first-order valence-corrected chi connectivity index (χ1v) is 7.97. The van der Waals surface area contributed by atoms with Crippen LogP contribution >= 0.6 is 23.4 Å². The van der Waals surface area contributed by atoms with Crippen LogP contribution < -0.4 is 0 Å². The van der Waals surface area contributed by atoms with Crippen molar-refractivity contribution in [3.8, 4) is 0 Å². The highest BCUT2D eigenvalue weighted by molar-refractivity contribution is 8.01. The zero-order valence-corrected chi connectivity index (χ0v) is 12.4. The lowest BCUT2D eigenvalue weighted by Crippen LogP contribution is -2.18. The minimum absolute atomic E-state index is 0.0119. The molecule has 1 aliphatic rings. The Hall–Kier alpha value is -1.51. The molecule has 0 aliphatic carbocycles. The fraction of sp³-hybridized carbons (Fsp3) is 0.0909. The van der Waals surface area contributed by atoms with E-state index in [-0.39, 0.29) is 15.5 Å². The Bertz CT molecular complexity index is 829. The molecular formula is C11H7ClN2O4S2. The molecule has 0 atom stereocenters. The molecule has 3 rings (SSSR count). The van der Waals surface area contributed by atoms with Gasteiger partial charge >= 0.3 is 5.97 Å². The first-order valence-electron chi connectivity index (χ1n) is 5.34. The van der Waals surface area contributed by atoms with Gasteiger partial charge in [-0.15, -0.1) is 0 Å². The van der Waals surface area contributed by atoms with E-state index in [1.54, 1.807) is 0 Å². The lowest BCUT2D eigenvalue weighted by Gasteiger charge is -2.18. The van der Waals surface area contributed by atoms with Crippen LogP contribution in [0.1, 0.15) is 10.4 Å². The topological polar surface area (TPSA) is 78.3 Å². The summed E-state index contributed by atoms with van der Waals surface area (Å²) < 4.78 is 30.5. The molecule has 0 radical (unpaired) electrons. The van der Waals surface area contributed by atoms with Gasteiger partial charge in [-0.1, -0.05) is 11.6 Å². The van der Waals surface area contributed by atoms with Gasteiger partial charge in [-0.25, -0.2) is 22.2 Å². The van der Waals surface area contributed by atoms with Crippen molar-refractivity contribution in [2.45, 2.75) is 14.9 Å². The molecule has 0 unspecified atom stereocenters. The van der Waals surface area contributed by atoms with Gasteiger partial charge in [-0.3, -0.25) is 0 Å². The molecule has 0 amide bonds. The van der Waals surface area contributed by atoms with E-state index in [4.69, 9.17) is 11.6 Å². The quantitative estimate of drug-likeness (QED) is 0.635. The minimum Gasteiger partial charge on any atom is -0.465 e. The fourth-order valence-corrected chi connectivity index (χ4v) is 5.03. The number of hydrogen-bond donors (Lipinski definition) is 0. The van der Waals surface area contributed by atoms with E-state index in [0.29, 0.717) is 10.1 Å².